The molecule has 0 radical (unpaired) electrons. The Balaban J connectivity index is 2.22. The van der Waals surface area contributed by atoms with Crippen molar-refractivity contribution >= 4 is 0 Å². The highest BCUT2D eigenvalue weighted by Gasteiger charge is 2.21. The van der Waals surface area contributed by atoms with Crippen molar-refractivity contribution in [2.24, 2.45) is 17.3 Å². The Morgan fingerprint density at radius 1 is 1.31 bits per heavy atom. The Bertz CT molecular complexity index is 223. The molecule has 0 amide bonds. The predicted molar refractivity (Wildman–Crippen MR) is 69.6 cm³/mol. The molecule has 0 aromatic carbocycles. The second-order valence-corrected chi connectivity index (χ2v) is 5.89. The third kappa shape index (κ3) is 4.67. The molecule has 0 aromatic heterocycles. The molecular weight excluding hydrogens is 198 g/mol. The molecule has 1 aliphatic carbocycles. The molecule has 0 aliphatic heterocycles. The average molecular weight is 225 g/mol. The lowest BCUT2D eigenvalue weighted by Crippen LogP contribution is -2.32. The summed E-state index contributed by atoms with van der Waals surface area (Å²) in [6.07, 6.45) is 7.00. The van der Waals surface area contributed by atoms with Gasteiger partial charge in [-0.2, -0.15) is 0 Å². The summed E-state index contributed by atoms with van der Waals surface area (Å²) < 4.78 is 5.89. The number of allylic oxidation sites excluding steroid dienone is 2. The number of nitrogens with one attached hydrogen (secondary N) is 1. The van der Waals surface area contributed by atoms with E-state index in [1.54, 1.807) is 0 Å². The van der Waals surface area contributed by atoms with Gasteiger partial charge in [-0.1, -0.05) is 32.9 Å². The summed E-state index contributed by atoms with van der Waals surface area (Å²) >= 11 is 0. The number of ether oxygens (including phenoxy) is 1. The quantitative estimate of drug-likeness (QED) is 0.702. The Hall–Kier alpha value is -0.340. The molecule has 1 rings (SSSR count). The number of hydrogen-bond acceptors (Lipinski definition) is 2. The van der Waals surface area contributed by atoms with Crippen LogP contribution in [0.5, 0.6) is 0 Å². The molecule has 2 heteroatoms. The Morgan fingerprint density at radius 3 is 2.62 bits per heavy atom. The second kappa shape index (κ2) is 6.41. The van der Waals surface area contributed by atoms with Crippen LogP contribution >= 0.6 is 0 Å². The van der Waals surface area contributed by atoms with Crippen LogP contribution in [-0.4, -0.2) is 26.8 Å². The summed E-state index contributed by atoms with van der Waals surface area (Å²) in [5, 5.41) is 3.21. The first kappa shape index (κ1) is 13.7. The molecule has 0 saturated heterocycles. The first-order valence-corrected chi connectivity index (χ1v) is 6.42. The molecule has 0 fully saturated rings. The van der Waals surface area contributed by atoms with Crippen molar-refractivity contribution in [2.45, 2.75) is 33.6 Å². The Labute approximate surface area is 100 Å². The van der Waals surface area contributed by atoms with Gasteiger partial charge in [0.1, 0.15) is 0 Å². The smallest absolute Gasteiger partial charge is 0.0529 e. The van der Waals surface area contributed by atoms with Gasteiger partial charge in [0.05, 0.1) is 6.61 Å². The van der Waals surface area contributed by atoms with E-state index < -0.39 is 0 Å². The van der Waals surface area contributed by atoms with E-state index in [2.05, 4.69) is 38.2 Å². The van der Waals surface area contributed by atoms with Crippen LogP contribution in [0.2, 0.25) is 0 Å². The van der Waals surface area contributed by atoms with Crippen molar-refractivity contribution in [3.8, 4) is 0 Å². The van der Waals surface area contributed by atoms with E-state index in [1.807, 2.05) is 7.05 Å². The van der Waals surface area contributed by atoms with Crippen LogP contribution in [0.4, 0.5) is 0 Å². The maximum Gasteiger partial charge on any atom is 0.0529 e. The maximum absolute atomic E-state index is 5.89. The zero-order valence-corrected chi connectivity index (χ0v) is 11.3. The Morgan fingerprint density at radius 2 is 2.00 bits per heavy atom. The van der Waals surface area contributed by atoms with Gasteiger partial charge in [0.15, 0.2) is 0 Å². The van der Waals surface area contributed by atoms with Gasteiger partial charge in [0.25, 0.3) is 0 Å². The molecule has 2 nitrogen and oxygen atoms in total. The van der Waals surface area contributed by atoms with Gasteiger partial charge in [0, 0.05) is 18.6 Å². The van der Waals surface area contributed by atoms with Crippen LogP contribution in [0, 0.1) is 17.3 Å². The topological polar surface area (TPSA) is 21.3 Å². The molecule has 1 aliphatic rings. The molecule has 0 saturated carbocycles. The van der Waals surface area contributed by atoms with Crippen molar-refractivity contribution < 1.29 is 4.74 Å². The van der Waals surface area contributed by atoms with Gasteiger partial charge in [-0.25, -0.2) is 0 Å². The van der Waals surface area contributed by atoms with Crippen LogP contribution in [0.15, 0.2) is 12.2 Å². The van der Waals surface area contributed by atoms with Gasteiger partial charge >= 0.3 is 0 Å². The van der Waals surface area contributed by atoms with E-state index in [0.29, 0.717) is 0 Å². The van der Waals surface area contributed by atoms with Crippen molar-refractivity contribution in [1.29, 1.82) is 0 Å². The summed E-state index contributed by atoms with van der Waals surface area (Å²) in [4.78, 5) is 0. The molecule has 0 spiro atoms. The summed E-state index contributed by atoms with van der Waals surface area (Å²) in [5.74, 6) is 1.49. The van der Waals surface area contributed by atoms with E-state index in [4.69, 9.17) is 4.74 Å². The van der Waals surface area contributed by atoms with Gasteiger partial charge in [-0.3, -0.25) is 0 Å². The molecule has 2 unspecified atom stereocenters. The van der Waals surface area contributed by atoms with E-state index >= 15 is 0 Å². The number of rotatable bonds is 6. The summed E-state index contributed by atoms with van der Waals surface area (Å²) in [5.41, 5.74) is 0.239. The van der Waals surface area contributed by atoms with Gasteiger partial charge < -0.3 is 10.1 Å². The first-order chi connectivity index (χ1) is 7.55. The van der Waals surface area contributed by atoms with Crippen molar-refractivity contribution in [1.82, 2.24) is 5.32 Å². The van der Waals surface area contributed by atoms with Crippen molar-refractivity contribution in [3.05, 3.63) is 12.2 Å². The zero-order valence-electron chi connectivity index (χ0n) is 11.3. The van der Waals surface area contributed by atoms with Crippen molar-refractivity contribution in [3.63, 3.8) is 0 Å². The predicted octanol–water partition coefficient (Wildman–Crippen LogP) is 2.85. The van der Waals surface area contributed by atoms with E-state index in [1.165, 1.54) is 12.8 Å². The minimum absolute atomic E-state index is 0.239. The molecule has 0 bridgehead atoms. The minimum Gasteiger partial charge on any atom is -0.381 e. The lowest BCUT2D eigenvalue weighted by molar-refractivity contribution is 0.0289. The lowest BCUT2D eigenvalue weighted by atomic mass is 9.85. The van der Waals surface area contributed by atoms with Crippen LogP contribution in [0.1, 0.15) is 33.6 Å². The van der Waals surface area contributed by atoms with Gasteiger partial charge in [-0.15, -0.1) is 0 Å². The number of hydrogen-bond donors (Lipinski definition) is 1. The van der Waals surface area contributed by atoms with Crippen LogP contribution in [0.25, 0.3) is 0 Å². The Kier molecular flexibility index (Phi) is 5.50. The molecule has 2 atom stereocenters. The highest BCUT2D eigenvalue weighted by Crippen LogP contribution is 2.25. The lowest BCUT2D eigenvalue weighted by Gasteiger charge is -2.28. The third-order valence-corrected chi connectivity index (χ3v) is 3.40. The molecule has 16 heavy (non-hydrogen) atoms. The average Bonchev–Trinajstić information content (AvgIpc) is 2.20. The highest BCUT2D eigenvalue weighted by molar-refractivity contribution is 4.93. The standard InChI is InChI=1S/C14H27NO/c1-12-7-5-6-8-13(12)9-16-11-14(2,3)10-15-4/h5-6,12-13,15H,7-11H2,1-4H3. The fraction of sp³-hybridized carbons (Fsp3) is 0.857. The summed E-state index contributed by atoms with van der Waals surface area (Å²) in [7, 11) is 2.00. The first-order valence-electron chi connectivity index (χ1n) is 6.42. The van der Waals surface area contributed by atoms with E-state index in [-0.39, 0.29) is 5.41 Å². The summed E-state index contributed by atoms with van der Waals surface area (Å²) in [6.45, 7) is 9.59. The van der Waals surface area contributed by atoms with E-state index in [9.17, 15) is 0 Å². The normalized spacial score (nSPS) is 26.0. The minimum atomic E-state index is 0.239. The summed E-state index contributed by atoms with van der Waals surface area (Å²) in [6, 6.07) is 0. The molecular formula is C14H27NO. The van der Waals surface area contributed by atoms with Gasteiger partial charge in [-0.05, 0) is 31.7 Å². The van der Waals surface area contributed by atoms with Crippen LogP contribution in [-0.2, 0) is 4.74 Å². The van der Waals surface area contributed by atoms with E-state index in [0.717, 1.165) is 31.6 Å². The third-order valence-electron chi connectivity index (χ3n) is 3.40. The zero-order chi connectivity index (χ0) is 12.0. The monoisotopic (exact) mass is 225 g/mol. The van der Waals surface area contributed by atoms with Crippen LogP contribution < -0.4 is 5.32 Å². The molecule has 0 heterocycles. The SMILES string of the molecule is CNCC(C)(C)COCC1CC=CCC1C. The second-order valence-electron chi connectivity index (χ2n) is 5.89. The highest BCUT2D eigenvalue weighted by atomic mass is 16.5. The molecule has 94 valence electrons. The fourth-order valence-electron chi connectivity index (χ4n) is 2.26. The molecule has 0 aromatic rings. The van der Waals surface area contributed by atoms with Gasteiger partial charge in [0.2, 0.25) is 0 Å². The van der Waals surface area contributed by atoms with Crippen LogP contribution in [0.3, 0.4) is 0 Å². The molecule has 1 N–H and O–H groups in total. The van der Waals surface area contributed by atoms with Crippen molar-refractivity contribution in [2.75, 3.05) is 26.8 Å². The fourth-order valence-corrected chi connectivity index (χ4v) is 2.26. The maximum atomic E-state index is 5.89. The largest absolute Gasteiger partial charge is 0.381 e.